The Hall–Kier alpha value is -5.41. The van der Waals surface area contributed by atoms with E-state index >= 15 is 0 Å². The van der Waals surface area contributed by atoms with Gasteiger partial charge in [0.1, 0.15) is 0 Å². The van der Waals surface area contributed by atoms with Gasteiger partial charge in [0.25, 0.3) is 0 Å². The third-order valence-corrected chi connectivity index (χ3v) is 9.87. The summed E-state index contributed by atoms with van der Waals surface area (Å²) in [6.07, 6.45) is 0. The molecule has 2 heterocycles. The Morgan fingerprint density at radius 2 is 0.869 bits per heavy atom. The molecule has 0 bridgehead atoms. The number of likely N-dealkylation sites (N-methyl/N-ethyl adjacent to an activating group) is 4. The van der Waals surface area contributed by atoms with Crippen molar-refractivity contribution in [2.75, 3.05) is 91.4 Å². The summed E-state index contributed by atoms with van der Waals surface area (Å²) in [6, 6.07) is 36.1. The first-order chi connectivity index (χ1) is 28.9. The van der Waals surface area contributed by atoms with Crippen LogP contribution < -0.4 is 9.80 Å². The molecule has 0 aliphatic carbocycles. The second-order valence-electron chi connectivity index (χ2n) is 15.6. The minimum Gasteiger partial charge on any atom is -0.759 e. The zero-order valence-electron chi connectivity index (χ0n) is 35.9. The average molecular weight is 887 g/mol. The van der Waals surface area contributed by atoms with Crippen molar-refractivity contribution in [1.82, 2.24) is 18.7 Å². The molecule has 324 valence electrons. The number of nitrogens with zero attached hydrogens (tertiary/aromatic N) is 12. The molecule has 0 atom stereocenters. The van der Waals surface area contributed by atoms with Crippen molar-refractivity contribution in [3.05, 3.63) is 109 Å². The highest BCUT2D eigenvalue weighted by atomic mass is 32.3. The molecule has 0 unspecified atom stereocenters. The number of rotatable bonds is 16. The SMILES string of the molecule is CCN(CC[N+](C)(C)C)c1ccc(N=Nc2nc(-c3ccccc3)ns2)cc1.CCN(CC[N+](C)(C)C)c1ccc(N=Nc2nc(-c3ccccc3)ns2)cc1.O=S(=O)([O-])[O-]. The molecule has 0 amide bonds. The fourth-order valence-electron chi connectivity index (χ4n) is 5.36. The zero-order valence-corrected chi connectivity index (χ0v) is 38.3. The van der Waals surface area contributed by atoms with Crippen LogP contribution in [0.4, 0.5) is 33.0 Å². The monoisotopic (exact) mass is 886 g/mol. The first kappa shape index (κ1) is 48.3. The van der Waals surface area contributed by atoms with Crippen LogP contribution in [-0.2, 0) is 10.4 Å². The maximum atomic E-state index is 8.52. The van der Waals surface area contributed by atoms with E-state index in [2.05, 4.69) is 129 Å². The van der Waals surface area contributed by atoms with Gasteiger partial charge in [0, 0.05) is 69.1 Å². The molecule has 0 fully saturated rings. The van der Waals surface area contributed by atoms with Gasteiger partial charge in [0.2, 0.25) is 10.3 Å². The summed E-state index contributed by atoms with van der Waals surface area (Å²) < 4.78 is 44.7. The topological polar surface area (TPSA) is 188 Å². The molecule has 2 aromatic heterocycles. The highest BCUT2D eigenvalue weighted by Gasteiger charge is 2.13. The Labute approximate surface area is 367 Å². The number of azo groups is 2. The van der Waals surface area contributed by atoms with E-state index in [-0.39, 0.29) is 0 Å². The number of quaternary nitrogens is 2. The first-order valence-corrected chi connectivity index (χ1v) is 22.4. The van der Waals surface area contributed by atoms with Crippen LogP contribution in [0.15, 0.2) is 130 Å². The summed E-state index contributed by atoms with van der Waals surface area (Å²) in [5.74, 6) is 1.37. The maximum absolute atomic E-state index is 8.52. The van der Waals surface area contributed by atoms with Crippen molar-refractivity contribution < 1.29 is 26.5 Å². The number of benzene rings is 4. The number of aromatic nitrogens is 4. The van der Waals surface area contributed by atoms with Gasteiger partial charge in [0.05, 0.1) is 79.8 Å². The molecule has 4 aromatic carbocycles. The van der Waals surface area contributed by atoms with Crippen molar-refractivity contribution in [3.8, 4) is 22.8 Å². The van der Waals surface area contributed by atoms with E-state index in [0.29, 0.717) is 21.9 Å². The summed E-state index contributed by atoms with van der Waals surface area (Å²) in [5, 5.41) is 18.2. The molecule has 61 heavy (non-hydrogen) atoms. The Kier molecular flexibility index (Phi) is 18.2. The normalized spacial score (nSPS) is 11.8. The fraction of sp³-hybridized carbons (Fsp3) is 0.333. The highest BCUT2D eigenvalue weighted by Crippen LogP contribution is 2.28. The van der Waals surface area contributed by atoms with E-state index in [9.17, 15) is 0 Å². The molecule has 0 aliphatic rings. The van der Waals surface area contributed by atoms with Crippen LogP contribution in [0.3, 0.4) is 0 Å². The van der Waals surface area contributed by atoms with Crippen LogP contribution in [0.5, 0.6) is 0 Å². The van der Waals surface area contributed by atoms with Gasteiger partial charge in [-0.05, 0) is 62.4 Å². The van der Waals surface area contributed by atoms with Crippen LogP contribution in [0.2, 0.25) is 0 Å². The van der Waals surface area contributed by atoms with E-state index in [1.54, 1.807) is 0 Å². The maximum Gasteiger partial charge on any atom is 0.249 e. The van der Waals surface area contributed by atoms with E-state index in [1.807, 2.05) is 84.9 Å². The molecule has 19 heteroatoms. The third-order valence-electron chi connectivity index (χ3n) is 8.67. The lowest BCUT2D eigenvalue weighted by Crippen LogP contribution is -2.42. The Morgan fingerprint density at radius 1 is 0.541 bits per heavy atom. The second-order valence-corrected chi connectivity index (χ2v) is 17.8. The molecule has 6 aromatic rings. The van der Waals surface area contributed by atoms with Crippen LogP contribution >= 0.6 is 23.1 Å². The Balaban J connectivity index is 0.000000242. The lowest BCUT2D eigenvalue weighted by atomic mass is 10.2. The smallest absolute Gasteiger partial charge is 0.249 e. The van der Waals surface area contributed by atoms with E-state index in [4.69, 9.17) is 17.5 Å². The average Bonchev–Trinajstić information content (AvgIpc) is 3.91. The van der Waals surface area contributed by atoms with Gasteiger partial charge in [-0.1, -0.05) is 60.7 Å². The van der Waals surface area contributed by atoms with Crippen molar-refractivity contribution in [2.24, 2.45) is 20.5 Å². The van der Waals surface area contributed by atoms with Crippen molar-refractivity contribution in [3.63, 3.8) is 0 Å². The second kappa shape index (κ2) is 23.0. The zero-order chi connectivity index (χ0) is 44.5. The molecule has 0 N–H and O–H groups in total. The highest BCUT2D eigenvalue weighted by molar-refractivity contribution is 7.79. The molecule has 0 saturated heterocycles. The summed E-state index contributed by atoms with van der Waals surface area (Å²) in [7, 11) is 8.13. The van der Waals surface area contributed by atoms with Crippen LogP contribution in [0.25, 0.3) is 22.8 Å². The predicted molar refractivity (Wildman–Crippen MR) is 244 cm³/mol. The molecular weight excluding hydrogens is 833 g/mol. The van der Waals surface area contributed by atoms with Crippen LogP contribution in [0, 0.1) is 0 Å². The third kappa shape index (κ3) is 18.4. The van der Waals surface area contributed by atoms with Crippen molar-refractivity contribution in [1.29, 1.82) is 0 Å². The summed E-state index contributed by atoms with van der Waals surface area (Å²) in [6.45, 7) is 10.6. The lowest BCUT2D eigenvalue weighted by Gasteiger charge is -2.29. The fourth-order valence-corrected chi connectivity index (χ4v) is 6.40. The van der Waals surface area contributed by atoms with Gasteiger partial charge in [-0.3, -0.25) is 8.42 Å². The molecule has 16 nitrogen and oxygen atoms in total. The van der Waals surface area contributed by atoms with Gasteiger partial charge in [0.15, 0.2) is 11.6 Å². The molecule has 0 radical (unpaired) electrons. The quantitative estimate of drug-likeness (QED) is 0.0393. The minimum atomic E-state index is -5.17. The Morgan fingerprint density at radius 3 is 1.16 bits per heavy atom. The van der Waals surface area contributed by atoms with Gasteiger partial charge in [-0.15, -0.1) is 20.5 Å². The molecule has 0 aliphatic heterocycles. The molecule has 0 saturated carbocycles. The van der Waals surface area contributed by atoms with Crippen molar-refractivity contribution in [2.45, 2.75) is 13.8 Å². The van der Waals surface area contributed by atoms with Gasteiger partial charge in [-0.2, -0.15) is 18.7 Å². The predicted octanol–water partition coefficient (Wildman–Crippen LogP) is 8.97. The molecule has 0 spiro atoms. The summed E-state index contributed by atoms with van der Waals surface area (Å²) >= 11 is 2.51. The van der Waals surface area contributed by atoms with Gasteiger partial charge in [-0.25, -0.2) is 0 Å². The van der Waals surface area contributed by atoms with Crippen molar-refractivity contribution >= 4 is 66.5 Å². The lowest BCUT2D eigenvalue weighted by molar-refractivity contribution is -0.868. The number of hydrogen-bond donors (Lipinski definition) is 0. The number of anilines is 2. The van der Waals surface area contributed by atoms with Crippen LogP contribution in [-0.4, -0.2) is 127 Å². The van der Waals surface area contributed by atoms with E-state index < -0.39 is 10.4 Å². The van der Waals surface area contributed by atoms with Gasteiger partial charge >= 0.3 is 0 Å². The minimum absolute atomic E-state index is 0.557. The molecule has 6 rings (SSSR count). The first-order valence-electron chi connectivity index (χ1n) is 19.5. The Bertz CT molecular complexity index is 2200. The van der Waals surface area contributed by atoms with Gasteiger partial charge < -0.3 is 27.9 Å². The number of hydrogen-bond acceptors (Lipinski definition) is 16. The van der Waals surface area contributed by atoms with Crippen LogP contribution in [0.1, 0.15) is 13.8 Å². The van der Waals surface area contributed by atoms with E-state index in [0.717, 1.165) is 70.7 Å². The molecular formula is C42H54N12O4S3. The van der Waals surface area contributed by atoms with E-state index in [1.165, 1.54) is 34.4 Å². The largest absolute Gasteiger partial charge is 0.759 e. The standard InChI is InChI=1S/2C21H27N6S.H2O4S/c2*1-5-26(15-16-27(2,3)4)19-13-11-18(12-14-19)23-24-21-22-20(25-28-21)17-9-7-6-8-10-17;1-5(2,3)4/h2*6-14H,5,15-16H2,1-4H3;(H2,1,2,3,4)/q2*+1;/p-2. The summed E-state index contributed by atoms with van der Waals surface area (Å²) in [5.41, 5.74) is 6.00. The summed E-state index contributed by atoms with van der Waals surface area (Å²) in [4.78, 5) is 13.6.